The minimum atomic E-state index is -3.36. The predicted octanol–water partition coefficient (Wildman–Crippen LogP) is 2.99. The Morgan fingerprint density at radius 2 is 1.77 bits per heavy atom. The maximum atomic E-state index is 13.3. The molecular weight excluding hydrogens is 406 g/mol. The fourth-order valence-corrected chi connectivity index (χ4v) is 4.60. The zero-order chi connectivity index (χ0) is 21.7. The molecule has 1 aliphatic heterocycles. The van der Waals surface area contributed by atoms with Crippen LogP contribution in [0.1, 0.15) is 12.5 Å². The van der Waals surface area contributed by atoms with Crippen molar-refractivity contribution < 1.29 is 27.4 Å². The molecule has 1 aliphatic rings. The third-order valence-electron chi connectivity index (χ3n) is 4.75. The van der Waals surface area contributed by atoms with Gasteiger partial charge >= 0.3 is 0 Å². The number of ether oxygens (including phenoxy) is 3. The molecule has 1 heterocycles. The summed E-state index contributed by atoms with van der Waals surface area (Å²) in [5.41, 5.74) is 1.28. The first-order valence-corrected chi connectivity index (χ1v) is 11.2. The van der Waals surface area contributed by atoms with Crippen molar-refractivity contribution in [2.24, 2.45) is 0 Å². The van der Waals surface area contributed by atoms with Crippen LogP contribution in [0.15, 0.2) is 53.9 Å². The van der Waals surface area contributed by atoms with E-state index in [1.54, 1.807) is 18.2 Å². The first kappa shape index (κ1) is 21.7. The average molecular weight is 432 g/mol. The van der Waals surface area contributed by atoms with Crippen molar-refractivity contribution in [3.8, 4) is 17.2 Å². The molecule has 1 unspecified atom stereocenters. The van der Waals surface area contributed by atoms with Crippen molar-refractivity contribution in [2.45, 2.75) is 19.4 Å². The number of carbonyl (C=O) groups excluding carboxylic acids is 1. The second kappa shape index (κ2) is 9.21. The second-order valence-corrected chi connectivity index (χ2v) is 8.71. The molecule has 8 heteroatoms. The van der Waals surface area contributed by atoms with E-state index < -0.39 is 15.9 Å². The summed E-state index contributed by atoms with van der Waals surface area (Å²) in [5.74, 6) is 1.31. The van der Waals surface area contributed by atoms with Gasteiger partial charge in [0.15, 0.2) is 9.84 Å². The molecule has 1 amide bonds. The average Bonchev–Trinajstić information content (AvgIpc) is 3.09. The molecule has 0 saturated heterocycles. The lowest BCUT2D eigenvalue weighted by Crippen LogP contribution is -2.42. The van der Waals surface area contributed by atoms with Crippen molar-refractivity contribution in [3.63, 3.8) is 0 Å². The highest BCUT2D eigenvalue weighted by atomic mass is 32.2. The molecular formula is C22H25NO6S. The maximum absolute atomic E-state index is 13.3. The highest BCUT2D eigenvalue weighted by molar-refractivity contribution is 7.94. The first-order valence-electron chi connectivity index (χ1n) is 9.53. The summed E-state index contributed by atoms with van der Waals surface area (Å²) in [4.78, 5) is 14.8. The van der Waals surface area contributed by atoms with E-state index in [1.165, 1.54) is 25.2 Å². The highest BCUT2D eigenvalue weighted by Gasteiger charge is 2.33. The fraction of sp³-hybridized carbons (Fsp3) is 0.318. The topological polar surface area (TPSA) is 82.1 Å². The van der Waals surface area contributed by atoms with Gasteiger partial charge in [-0.15, -0.1) is 0 Å². The van der Waals surface area contributed by atoms with Gasteiger partial charge in [0.1, 0.15) is 17.2 Å². The van der Waals surface area contributed by atoms with Crippen LogP contribution in [0.3, 0.4) is 0 Å². The van der Waals surface area contributed by atoms with Crippen LogP contribution < -0.4 is 19.1 Å². The molecule has 0 bridgehead atoms. The molecule has 0 fully saturated rings. The molecule has 0 aliphatic carbocycles. The highest BCUT2D eigenvalue weighted by Crippen LogP contribution is 2.35. The quantitative estimate of drug-likeness (QED) is 0.639. The zero-order valence-electron chi connectivity index (χ0n) is 17.2. The molecule has 7 nitrogen and oxygen atoms in total. The van der Waals surface area contributed by atoms with Gasteiger partial charge in [0, 0.05) is 11.5 Å². The summed E-state index contributed by atoms with van der Waals surface area (Å²) >= 11 is 0. The smallest absolute Gasteiger partial charge is 0.232 e. The minimum Gasteiger partial charge on any atom is -0.497 e. The van der Waals surface area contributed by atoms with Crippen molar-refractivity contribution in [1.29, 1.82) is 0 Å². The molecule has 0 aromatic heterocycles. The SMILES string of the molecule is CCOc1ccc(CC(=O)N(c2ccc(OC)cc2OC)C2C=CS(=O)(=O)C2)cc1. The van der Waals surface area contributed by atoms with Gasteiger partial charge in [-0.1, -0.05) is 12.1 Å². The lowest BCUT2D eigenvalue weighted by atomic mass is 10.1. The lowest BCUT2D eigenvalue weighted by Gasteiger charge is -2.29. The second-order valence-electron chi connectivity index (χ2n) is 6.78. The summed E-state index contributed by atoms with van der Waals surface area (Å²) in [6.07, 6.45) is 1.64. The summed E-state index contributed by atoms with van der Waals surface area (Å²) < 4.78 is 40.2. The lowest BCUT2D eigenvalue weighted by molar-refractivity contribution is -0.118. The number of amides is 1. The standard InChI is InChI=1S/C22H25NO6S/c1-4-29-18-7-5-16(6-8-18)13-22(24)23(17-11-12-30(25,26)15-17)20-10-9-19(27-2)14-21(20)28-3/h5-12,14,17H,4,13,15H2,1-3H3. The zero-order valence-corrected chi connectivity index (χ0v) is 18.0. The van der Waals surface area contributed by atoms with Gasteiger partial charge in [-0.25, -0.2) is 8.42 Å². The van der Waals surface area contributed by atoms with Crippen LogP contribution in [-0.4, -0.2) is 46.9 Å². The maximum Gasteiger partial charge on any atom is 0.232 e. The van der Waals surface area contributed by atoms with Crippen molar-refractivity contribution >= 4 is 21.4 Å². The molecule has 0 N–H and O–H groups in total. The van der Waals surface area contributed by atoms with Crippen LogP contribution in [0, 0.1) is 0 Å². The Labute approximate surface area is 176 Å². The molecule has 0 spiro atoms. The number of hydrogen-bond acceptors (Lipinski definition) is 6. The van der Waals surface area contributed by atoms with E-state index in [9.17, 15) is 13.2 Å². The predicted molar refractivity (Wildman–Crippen MR) is 115 cm³/mol. The van der Waals surface area contributed by atoms with E-state index in [0.717, 1.165) is 16.7 Å². The summed E-state index contributed by atoms with van der Waals surface area (Å²) in [6.45, 7) is 2.46. The van der Waals surface area contributed by atoms with Gasteiger partial charge < -0.3 is 19.1 Å². The van der Waals surface area contributed by atoms with E-state index >= 15 is 0 Å². The summed E-state index contributed by atoms with van der Waals surface area (Å²) in [5, 5.41) is 1.16. The number of hydrogen-bond donors (Lipinski definition) is 0. The molecule has 3 rings (SSSR count). The van der Waals surface area contributed by atoms with E-state index in [4.69, 9.17) is 14.2 Å². The van der Waals surface area contributed by atoms with Gasteiger partial charge in [0.05, 0.1) is 44.7 Å². The Balaban J connectivity index is 1.94. The van der Waals surface area contributed by atoms with Crippen LogP contribution in [0.2, 0.25) is 0 Å². The minimum absolute atomic E-state index is 0.103. The van der Waals surface area contributed by atoms with Gasteiger partial charge in [0.25, 0.3) is 0 Å². The number of carbonyl (C=O) groups is 1. The number of sulfone groups is 1. The number of anilines is 1. The van der Waals surface area contributed by atoms with Crippen LogP contribution in [0.4, 0.5) is 5.69 Å². The summed E-state index contributed by atoms with van der Waals surface area (Å²) in [6, 6.07) is 11.7. The van der Waals surface area contributed by atoms with Crippen LogP contribution in [0.25, 0.3) is 0 Å². The van der Waals surface area contributed by atoms with E-state index in [2.05, 4.69) is 0 Å². The monoisotopic (exact) mass is 431 g/mol. The first-order chi connectivity index (χ1) is 14.4. The normalized spacial score (nSPS) is 16.8. The van der Waals surface area contributed by atoms with Gasteiger partial charge in [-0.2, -0.15) is 0 Å². The molecule has 1 atom stereocenters. The number of nitrogens with zero attached hydrogens (tertiary/aromatic N) is 1. The third kappa shape index (κ3) is 4.94. The van der Waals surface area contributed by atoms with E-state index in [-0.39, 0.29) is 18.1 Å². The Hall–Kier alpha value is -3.00. The Bertz CT molecular complexity index is 1030. The number of rotatable bonds is 8. The molecule has 0 radical (unpaired) electrons. The molecule has 160 valence electrons. The molecule has 0 saturated carbocycles. The van der Waals surface area contributed by atoms with Crippen molar-refractivity contribution in [1.82, 2.24) is 0 Å². The molecule has 30 heavy (non-hydrogen) atoms. The van der Waals surface area contributed by atoms with Crippen molar-refractivity contribution in [3.05, 3.63) is 59.5 Å². The number of methoxy groups -OCH3 is 2. The van der Waals surface area contributed by atoms with Crippen LogP contribution in [0.5, 0.6) is 17.2 Å². The Morgan fingerprint density at radius 3 is 2.33 bits per heavy atom. The third-order valence-corrected chi connectivity index (χ3v) is 6.13. The Kier molecular flexibility index (Phi) is 6.66. The molecule has 2 aromatic rings. The fourth-order valence-electron chi connectivity index (χ4n) is 3.33. The molecule has 2 aromatic carbocycles. The van der Waals surface area contributed by atoms with Gasteiger partial charge in [-0.05, 0) is 42.8 Å². The van der Waals surface area contributed by atoms with Gasteiger partial charge in [0.2, 0.25) is 5.91 Å². The largest absolute Gasteiger partial charge is 0.497 e. The van der Waals surface area contributed by atoms with E-state index in [0.29, 0.717) is 23.8 Å². The van der Waals surface area contributed by atoms with E-state index in [1.807, 2.05) is 31.2 Å². The number of benzene rings is 2. The summed E-state index contributed by atoms with van der Waals surface area (Å²) in [7, 11) is -0.324. The van der Waals surface area contributed by atoms with Crippen molar-refractivity contribution in [2.75, 3.05) is 31.5 Å². The van der Waals surface area contributed by atoms with Gasteiger partial charge in [-0.3, -0.25) is 4.79 Å². The Morgan fingerprint density at radius 1 is 1.07 bits per heavy atom. The van der Waals surface area contributed by atoms with Crippen LogP contribution in [-0.2, 0) is 21.1 Å². The van der Waals surface area contributed by atoms with Crippen LogP contribution >= 0.6 is 0 Å².